The van der Waals surface area contributed by atoms with E-state index in [1.54, 1.807) is 0 Å². The number of carbonyl (C=O) groups excluding carboxylic acids is 1. The number of carbonyl (C=O) groups is 1. The molecule has 1 saturated heterocycles. The fourth-order valence-electron chi connectivity index (χ4n) is 2.55. The molecule has 3 nitrogen and oxygen atoms in total. The van der Waals surface area contributed by atoms with Gasteiger partial charge in [-0.1, -0.05) is 12.1 Å². The molecule has 1 aliphatic heterocycles. The van der Waals surface area contributed by atoms with Crippen LogP contribution in [0.4, 0.5) is 0 Å². The minimum atomic E-state index is -0.236. The molecule has 0 radical (unpaired) electrons. The molecule has 0 saturated carbocycles. The van der Waals surface area contributed by atoms with Crippen molar-refractivity contribution in [3.8, 4) is 0 Å². The summed E-state index contributed by atoms with van der Waals surface area (Å²) in [5.41, 5.74) is 2.92. The molecule has 1 aliphatic rings. The number of nitrogens with one attached hydrogen (secondary N) is 1. The Hall–Kier alpha value is -1.35. The summed E-state index contributed by atoms with van der Waals surface area (Å²) >= 11 is 0. The van der Waals surface area contributed by atoms with Crippen LogP contribution in [0.3, 0.4) is 0 Å². The second-order valence-corrected chi connectivity index (χ2v) is 5.04. The van der Waals surface area contributed by atoms with E-state index in [-0.39, 0.29) is 5.97 Å². The molecule has 98 valence electrons. The Morgan fingerprint density at radius 2 is 2.11 bits per heavy atom. The number of hydrogen-bond acceptors (Lipinski definition) is 3. The summed E-state index contributed by atoms with van der Waals surface area (Å²) in [4.78, 5) is 11.6. The third-order valence-electron chi connectivity index (χ3n) is 3.69. The lowest BCUT2D eigenvalue weighted by Gasteiger charge is -2.22. The van der Waals surface area contributed by atoms with Gasteiger partial charge in [0.15, 0.2) is 0 Å². The van der Waals surface area contributed by atoms with Crippen molar-refractivity contribution in [1.82, 2.24) is 5.32 Å². The first-order valence-electron chi connectivity index (χ1n) is 6.59. The topological polar surface area (TPSA) is 38.3 Å². The number of esters is 1. The van der Waals surface area contributed by atoms with Crippen molar-refractivity contribution in [2.24, 2.45) is 5.92 Å². The molecule has 0 amide bonds. The van der Waals surface area contributed by atoms with Crippen molar-refractivity contribution in [3.63, 3.8) is 0 Å². The first kappa shape index (κ1) is 13.1. The minimum absolute atomic E-state index is 0.236. The van der Waals surface area contributed by atoms with E-state index in [1.165, 1.54) is 25.5 Å². The summed E-state index contributed by atoms with van der Waals surface area (Å²) in [6.45, 7) is 4.17. The maximum atomic E-state index is 11.6. The fourth-order valence-corrected chi connectivity index (χ4v) is 2.55. The second kappa shape index (κ2) is 6.01. The Bertz CT molecular complexity index is 423. The van der Waals surface area contributed by atoms with Gasteiger partial charge in [-0.2, -0.15) is 0 Å². The van der Waals surface area contributed by atoms with Crippen molar-refractivity contribution < 1.29 is 9.53 Å². The second-order valence-electron chi connectivity index (χ2n) is 5.04. The Kier molecular flexibility index (Phi) is 4.37. The first-order chi connectivity index (χ1) is 8.70. The number of aryl methyl sites for hydroxylation is 1. The molecule has 1 fully saturated rings. The quantitative estimate of drug-likeness (QED) is 0.833. The summed E-state index contributed by atoms with van der Waals surface area (Å²) in [7, 11) is 1.43. The third kappa shape index (κ3) is 3.10. The molecule has 1 aromatic rings. The number of ether oxygens (including phenoxy) is 1. The fraction of sp³-hybridized carbons (Fsp3) is 0.533. The van der Waals surface area contributed by atoms with Crippen LogP contribution in [0.15, 0.2) is 18.2 Å². The number of benzene rings is 1. The lowest BCUT2D eigenvalue weighted by molar-refractivity contribution is 0.0599. The van der Waals surface area contributed by atoms with Crippen LogP contribution in [0.25, 0.3) is 0 Å². The van der Waals surface area contributed by atoms with Gasteiger partial charge in [-0.3, -0.25) is 0 Å². The standard InChI is InChI=1S/C15H21NO2/c1-11-3-4-13(10-14(11)15(17)18-2)9-12-5-7-16-8-6-12/h3-4,10,12,16H,5-9H2,1-2H3. The van der Waals surface area contributed by atoms with Gasteiger partial charge in [0.25, 0.3) is 0 Å². The lowest BCUT2D eigenvalue weighted by atomic mass is 9.90. The largest absolute Gasteiger partial charge is 0.465 e. The number of piperidine rings is 1. The summed E-state index contributed by atoms with van der Waals surface area (Å²) in [6, 6.07) is 6.13. The molecule has 0 bridgehead atoms. The highest BCUT2D eigenvalue weighted by atomic mass is 16.5. The Morgan fingerprint density at radius 3 is 2.78 bits per heavy atom. The monoisotopic (exact) mass is 247 g/mol. The predicted molar refractivity (Wildman–Crippen MR) is 71.8 cm³/mol. The molecule has 0 atom stereocenters. The highest BCUT2D eigenvalue weighted by Gasteiger charge is 2.15. The van der Waals surface area contributed by atoms with Crippen LogP contribution in [0.5, 0.6) is 0 Å². The average Bonchev–Trinajstić information content (AvgIpc) is 2.41. The van der Waals surface area contributed by atoms with Gasteiger partial charge in [-0.15, -0.1) is 0 Å². The average molecular weight is 247 g/mol. The predicted octanol–water partition coefficient (Wildman–Crippen LogP) is 2.32. The lowest BCUT2D eigenvalue weighted by Crippen LogP contribution is -2.28. The van der Waals surface area contributed by atoms with Gasteiger partial charge in [0.1, 0.15) is 0 Å². The zero-order chi connectivity index (χ0) is 13.0. The van der Waals surface area contributed by atoms with Crippen LogP contribution in [0, 0.1) is 12.8 Å². The van der Waals surface area contributed by atoms with Gasteiger partial charge >= 0.3 is 5.97 Å². The van der Waals surface area contributed by atoms with Crippen LogP contribution in [0.1, 0.15) is 34.3 Å². The van der Waals surface area contributed by atoms with E-state index in [1.807, 2.05) is 19.1 Å². The number of methoxy groups -OCH3 is 1. The maximum absolute atomic E-state index is 11.6. The van der Waals surface area contributed by atoms with Crippen molar-refractivity contribution in [2.45, 2.75) is 26.2 Å². The molecule has 0 spiro atoms. The van der Waals surface area contributed by atoms with E-state index in [0.29, 0.717) is 5.56 Å². The van der Waals surface area contributed by atoms with Crippen molar-refractivity contribution in [3.05, 3.63) is 34.9 Å². The van der Waals surface area contributed by atoms with E-state index in [9.17, 15) is 4.79 Å². The van der Waals surface area contributed by atoms with Gasteiger partial charge in [0.05, 0.1) is 12.7 Å². The Morgan fingerprint density at radius 1 is 1.39 bits per heavy atom. The molecule has 0 unspecified atom stereocenters. The highest BCUT2D eigenvalue weighted by Crippen LogP contribution is 2.20. The van der Waals surface area contributed by atoms with Crippen LogP contribution in [-0.2, 0) is 11.2 Å². The van der Waals surface area contributed by atoms with Crippen LogP contribution in [0.2, 0.25) is 0 Å². The van der Waals surface area contributed by atoms with Gasteiger partial charge in [0, 0.05) is 0 Å². The molecule has 1 aromatic carbocycles. The van der Waals surface area contributed by atoms with Crippen LogP contribution < -0.4 is 5.32 Å². The smallest absolute Gasteiger partial charge is 0.338 e. The molecule has 0 aliphatic carbocycles. The maximum Gasteiger partial charge on any atom is 0.338 e. The first-order valence-corrected chi connectivity index (χ1v) is 6.59. The normalized spacial score (nSPS) is 16.6. The third-order valence-corrected chi connectivity index (χ3v) is 3.69. The highest BCUT2D eigenvalue weighted by molar-refractivity contribution is 5.91. The van der Waals surface area contributed by atoms with Crippen molar-refractivity contribution in [1.29, 1.82) is 0 Å². The van der Waals surface area contributed by atoms with E-state index in [2.05, 4.69) is 11.4 Å². The summed E-state index contributed by atoms with van der Waals surface area (Å²) < 4.78 is 4.81. The van der Waals surface area contributed by atoms with Gasteiger partial charge in [0.2, 0.25) is 0 Å². The SMILES string of the molecule is COC(=O)c1cc(CC2CCNCC2)ccc1C. The van der Waals surface area contributed by atoms with Gasteiger partial charge in [-0.25, -0.2) is 4.79 Å². The van der Waals surface area contributed by atoms with E-state index >= 15 is 0 Å². The Labute approximate surface area is 109 Å². The molecular weight excluding hydrogens is 226 g/mol. The van der Waals surface area contributed by atoms with Gasteiger partial charge < -0.3 is 10.1 Å². The number of hydrogen-bond donors (Lipinski definition) is 1. The van der Waals surface area contributed by atoms with E-state index < -0.39 is 0 Å². The van der Waals surface area contributed by atoms with E-state index in [0.717, 1.165) is 31.0 Å². The van der Waals surface area contributed by atoms with E-state index in [4.69, 9.17) is 4.74 Å². The Balaban J connectivity index is 2.11. The minimum Gasteiger partial charge on any atom is -0.465 e. The van der Waals surface area contributed by atoms with Crippen LogP contribution in [-0.4, -0.2) is 26.2 Å². The summed E-state index contributed by atoms with van der Waals surface area (Å²) in [6.07, 6.45) is 3.51. The van der Waals surface area contributed by atoms with Crippen molar-refractivity contribution >= 4 is 5.97 Å². The summed E-state index contributed by atoms with van der Waals surface area (Å²) in [5, 5.41) is 3.37. The molecule has 0 aromatic heterocycles. The molecule has 3 heteroatoms. The summed E-state index contributed by atoms with van der Waals surface area (Å²) in [5.74, 6) is 0.499. The van der Waals surface area contributed by atoms with Gasteiger partial charge in [-0.05, 0) is 62.4 Å². The molecule has 2 rings (SSSR count). The number of rotatable bonds is 3. The molecule has 1 N–H and O–H groups in total. The zero-order valence-corrected chi connectivity index (χ0v) is 11.2. The van der Waals surface area contributed by atoms with Crippen molar-refractivity contribution in [2.75, 3.05) is 20.2 Å². The molecule has 18 heavy (non-hydrogen) atoms. The molecule has 1 heterocycles. The molecular formula is C15H21NO2. The van der Waals surface area contributed by atoms with Crippen LogP contribution >= 0.6 is 0 Å². The zero-order valence-electron chi connectivity index (χ0n) is 11.2.